The summed E-state index contributed by atoms with van der Waals surface area (Å²) in [6.45, 7) is 7.36. The van der Waals surface area contributed by atoms with Gasteiger partial charge in [-0.1, -0.05) is 0 Å². The van der Waals surface area contributed by atoms with Crippen LogP contribution in [0.2, 0.25) is 0 Å². The molecular formula is C13H20N2O2. The maximum Gasteiger partial charge on any atom is 0.274 e. The lowest BCUT2D eigenvalue weighted by molar-refractivity contribution is 0.0537. The standard InChI is InChI=1S/C13H20N2O2/c1-5-15(10(2)3)12-8-6-11(7-9-12)13(16)14-17-4/h6-10H,5H2,1-4H3,(H,14,16). The van der Waals surface area contributed by atoms with Crippen molar-refractivity contribution in [3.63, 3.8) is 0 Å². The molecule has 4 heteroatoms. The highest BCUT2D eigenvalue weighted by molar-refractivity contribution is 5.93. The maximum atomic E-state index is 11.5. The van der Waals surface area contributed by atoms with E-state index >= 15 is 0 Å². The van der Waals surface area contributed by atoms with Crippen LogP contribution in [0.5, 0.6) is 0 Å². The van der Waals surface area contributed by atoms with Gasteiger partial charge in [0.1, 0.15) is 0 Å². The maximum absolute atomic E-state index is 11.5. The molecule has 0 saturated heterocycles. The van der Waals surface area contributed by atoms with E-state index in [0.29, 0.717) is 11.6 Å². The second kappa shape index (κ2) is 6.25. The lowest BCUT2D eigenvalue weighted by Crippen LogP contribution is -2.30. The largest absolute Gasteiger partial charge is 0.369 e. The third-order valence-corrected chi connectivity index (χ3v) is 2.62. The van der Waals surface area contributed by atoms with Crippen LogP contribution in [0, 0.1) is 0 Å². The average molecular weight is 236 g/mol. The quantitative estimate of drug-likeness (QED) is 0.797. The summed E-state index contributed by atoms with van der Waals surface area (Å²) >= 11 is 0. The minimum Gasteiger partial charge on any atom is -0.369 e. The van der Waals surface area contributed by atoms with Crippen molar-refractivity contribution in [2.45, 2.75) is 26.8 Å². The molecule has 0 fully saturated rings. The molecule has 1 aromatic rings. The van der Waals surface area contributed by atoms with Gasteiger partial charge in [0.15, 0.2) is 0 Å². The van der Waals surface area contributed by atoms with Gasteiger partial charge in [0, 0.05) is 23.8 Å². The lowest BCUT2D eigenvalue weighted by Gasteiger charge is -2.27. The Balaban J connectivity index is 2.83. The molecule has 0 unspecified atom stereocenters. The van der Waals surface area contributed by atoms with Gasteiger partial charge in [0.05, 0.1) is 7.11 Å². The molecule has 0 radical (unpaired) electrons. The Morgan fingerprint density at radius 3 is 2.35 bits per heavy atom. The Kier molecular flexibility index (Phi) is 4.97. The van der Waals surface area contributed by atoms with E-state index in [0.717, 1.165) is 12.2 Å². The summed E-state index contributed by atoms with van der Waals surface area (Å²) < 4.78 is 0. The highest BCUT2D eigenvalue weighted by Gasteiger charge is 2.09. The normalized spacial score (nSPS) is 10.4. The molecular weight excluding hydrogens is 216 g/mol. The van der Waals surface area contributed by atoms with Gasteiger partial charge in [-0.2, -0.15) is 0 Å². The number of hydrogen-bond acceptors (Lipinski definition) is 3. The molecule has 4 nitrogen and oxygen atoms in total. The van der Waals surface area contributed by atoms with Gasteiger partial charge in [0.25, 0.3) is 5.91 Å². The fraction of sp³-hybridized carbons (Fsp3) is 0.462. The van der Waals surface area contributed by atoms with Crippen molar-refractivity contribution >= 4 is 11.6 Å². The summed E-state index contributed by atoms with van der Waals surface area (Å²) in [6, 6.07) is 7.95. The van der Waals surface area contributed by atoms with Crippen molar-refractivity contribution in [2.24, 2.45) is 0 Å². The van der Waals surface area contributed by atoms with Gasteiger partial charge in [-0.15, -0.1) is 0 Å². The molecule has 0 aliphatic heterocycles. The first kappa shape index (κ1) is 13.5. The van der Waals surface area contributed by atoms with Crippen molar-refractivity contribution in [3.8, 4) is 0 Å². The second-order valence-electron chi connectivity index (χ2n) is 4.06. The summed E-state index contributed by atoms with van der Waals surface area (Å²) in [5.41, 5.74) is 4.01. The molecule has 0 aliphatic rings. The zero-order valence-electron chi connectivity index (χ0n) is 10.9. The van der Waals surface area contributed by atoms with Crippen molar-refractivity contribution in [1.82, 2.24) is 5.48 Å². The van der Waals surface area contributed by atoms with Gasteiger partial charge in [-0.3, -0.25) is 9.63 Å². The second-order valence-corrected chi connectivity index (χ2v) is 4.06. The number of hydrogen-bond donors (Lipinski definition) is 1. The van der Waals surface area contributed by atoms with Crippen LogP contribution < -0.4 is 10.4 Å². The molecule has 0 aromatic heterocycles. The predicted molar refractivity (Wildman–Crippen MR) is 69.1 cm³/mol. The van der Waals surface area contributed by atoms with Crippen molar-refractivity contribution in [1.29, 1.82) is 0 Å². The van der Waals surface area contributed by atoms with Crippen LogP contribution in [-0.2, 0) is 4.84 Å². The van der Waals surface area contributed by atoms with E-state index in [1.54, 1.807) is 12.1 Å². The molecule has 17 heavy (non-hydrogen) atoms. The van der Waals surface area contributed by atoms with Crippen LogP contribution in [0.25, 0.3) is 0 Å². The number of nitrogens with one attached hydrogen (secondary N) is 1. The number of hydroxylamine groups is 1. The van der Waals surface area contributed by atoms with Gasteiger partial charge >= 0.3 is 0 Å². The van der Waals surface area contributed by atoms with Crippen LogP contribution in [0.3, 0.4) is 0 Å². The average Bonchev–Trinajstić information content (AvgIpc) is 2.30. The third-order valence-electron chi connectivity index (χ3n) is 2.62. The van der Waals surface area contributed by atoms with E-state index in [1.165, 1.54) is 7.11 Å². The first-order valence-electron chi connectivity index (χ1n) is 5.80. The van der Waals surface area contributed by atoms with Crippen LogP contribution in [0.15, 0.2) is 24.3 Å². The number of anilines is 1. The molecule has 0 bridgehead atoms. The molecule has 1 rings (SSSR count). The Hall–Kier alpha value is -1.55. The zero-order valence-corrected chi connectivity index (χ0v) is 10.9. The van der Waals surface area contributed by atoms with E-state index in [9.17, 15) is 4.79 Å². The predicted octanol–water partition coefficient (Wildman–Crippen LogP) is 2.21. The summed E-state index contributed by atoms with van der Waals surface area (Å²) in [4.78, 5) is 18.3. The fourth-order valence-electron chi connectivity index (χ4n) is 1.80. The Bertz CT molecular complexity index is 360. The number of benzene rings is 1. The Labute approximate surface area is 103 Å². The van der Waals surface area contributed by atoms with Crippen LogP contribution in [0.1, 0.15) is 31.1 Å². The number of rotatable bonds is 5. The highest BCUT2D eigenvalue weighted by Crippen LogP contribution is 2.17. The topological polar surface area (TPSA) is 41.6 Å². The number of carbonyl (C=O) groups excluding carboxylic acids is 1. The molecule has 0 atom stereocenters. The summed E-state index contributed by atoms with van der Waals surface area (Å²) in [5, 5.41) is 0. The number of carbonyl (C=O) groups is 1. The summed E-state index contributed by atoms with van der Waals surface area (Å²) in [6.07, 6.45) is 0. The van der Waals surface area contributed by atoms with E-state index in [4.69, 9.17) is 0 Å². The highest BCUT2D eigenvalue weighted by atomic mass is 16.6. The summed E-state index contributed by atoms with van der Waals surface area (Å²) in [7, 11) is 1.42. The summed E-state index contributed by atoms with van der Waals surface area (Å²) in [5.74, 6) is -0.230. The minimum atomic E-state index is -0.230. The Morgan fingerprint density at radius 1 is 1.35 bits per heavy atom. The van der Waals surface area contributed by atoms with Gasteiger partial charge in [-0.05, 0) is 45.0 Å². The Morgan fingerprint density at radius 2 is 1.94 bits per heavy atom. The van der Waals surface area contributed by atoms with Gasteiger partial charge in [0.2, 0.25) is 0 Å². The lowest BCUT2D eigenvalue weighted by atomic mass is 10.1. The van der Waals surface area contributed by atoms with Crippen molar-refractivity contribution < 1.29 is 9.63 Å². The molecule has 0 aliphatic carbocycles. The van der Waals surface area contributed by atoms with Crippen LogP contribution in [-0.4, -0.2) is 25.6 Å². The number of nitrogens with zero attached hydrogens (tertiary/aromatic N) is 1. The molecule has 0 heterocycles. The molecule has 1 aromatic carbocycles. The van der Waals surface area contributed by atoms with E-state index in [1.807, 2.05) is 12.1 Å². The molecule has 1 amide bonds. The van der Waals surface area contributed by atoms with Gasteiger partial charge in [-0.25, -0.2) is 5.48 Å². The van der Waals surface area contributed by atoms with Crippen LogP contribution in [0.4, 0.5) is 5.69 Å². The third kappa shape index (κ3) is 3.46. The van der Waals surface area contributed by atoms with Crippen LogP contribution >= 0.6 is 0 Å². The van der Waals surface area contributed by atoms with E-state index in [2.05, 4.69) is 36.0 Å². The van der Waals surface area contributed by atoms with Crippen molar-refractivity contribution in [2.75, 3.05) is 18.6 Å². The molecule has 0 saturated carbocycles. The van der Waals surface area contributed by atoms with Crippen molar-refractivity contribution in [3.05, 3.63) is 29.8 Å². The smallest absolute Gasteiger partial charge is 0.274 e. The van der Waals surface area contributed by atoms with E-state index < -0.39 is 0 Å². The molecule has 1 N–H and O–H groups in total. The minimum absolute atomic E-state index is 0.230. The molecule has 0 spiro atoms. The van der Waals surface area contributed by atoms with Gasteiger partial charge < -0.3 is 4.90 Å². The first-order valence-corrected chi connectivity index (χ1v) is 5.80. The molecule has 94 valence electrons. The number of amides is 1. The zero-order chi connectivity index (χ0) is 12.8. The monoisotopic (exact) mass is 236 g/mol. The fourth-order valence-corrected chi connectivity index (χ4v) is 1.80. The first-order chi connectivity index (χ1) is 8.10. The SMILES string of the molecule is CCN(c1ccc(C(=O)NOC)cc1)C(C)C. The van der Waals surface area contributed by atoms with E-state index in [-0.39, 0.29) is 5.91 Å².